The summed E-state index contributed by atoms with van der Waals surface area (Å²) in [6, 6.07) is 19.1. The van der Waals surface area contributed by atoms with Crippen LogP contribution in [0, 0.1) is 5.92 Å². The number of urea groups is 1. The quantitative estimate of drug-likeness (QED) is 0.0380. The van der Waals surface area contributed by atoms with Crippen molar-refractivity contribution in [3.8, 4) is 5.75 Å². The smallest absolute Gasteiger partial charge is 0.329 e. The third-order valence-corrected chi connectivity index (χ3v) is 9.95. The molecule has 58 heavy (non-hydrogen) atoms. The number of ether oxygens (including phenoxy) is 2. The molecule has 0 spiro atoms. The molecule has 3 rings (SSSR count). The minimum absolute atomic E-state index is 0.0310. The Hall–Kier alpha value is -5.68. The fourth-order valence-corrected chi connectivity index (χ4v) is 6.61. The number of carbonyl (C=O) groups is 4. The summed E-state index contributed by atoms with van der Waals surface area (Å²) >= 11 is 0. The molecule has 8 N–H and O–H groups in total. The van der Waals surface area contributed by atoms with Crippen molar-refractivity contribution in [1.82, 2.24) is 26.0 Å². The van der Waals surface area contributed by atoms with E-state index in [-0.39, 0.29) is 37.3 Å². The number of aliphatic hydroxyl groups is 1. The largest absolute Gasteiger partial charge is 0.497 e. The predicted molar refractivity (Wildman–Crippen MR) is 220 cm³/mol. The van der Waals surface area contributed by atoms with Crippen molar-refractivity contribution in [3.05, 3.63) is 96.1 Å². The zero-order chi connectivity index (χ0) is 42.9. The zero-order valence-electron chi connectivity index (χ0n) is 33.9. The van der Waals surface area contributed by atoms with Gasteiger partial charge in [0.2, 0.25) is 17.8 Å². The van der Waals surface area contributed by atoms with Crippen LogP contribution >= 0.6 is 0 Å². The summed E-state index contributed by atoms with van der Waals surface area (Å²) in [6.45, 7) is 8.20. The molecule has 17 heteroatoms. The van der Waals surface area contributed by atoms with Gasteiger partial charge in [-0.05, 0) is 81.3 Å². The molecule has 0 saturated carbocycles. The molecule has 4 atom stereocenters. The van der Waals surface area contributed by atoms with E-state index in [2.05, 4.69) is 31.0 Å². The van der Waals surface area contributed by atoms with Gasteiger partial charge < -0.3 is 41.6 Å². The van der Waals surface area contributed by atoms with Crippen molar-refractivity contribution < 1.29 is 42.2 Å². The normalized spacial score (nSPS) is 14.0. The number of nitrogens with two attached hydrogens (primary N) is 1. The average molecular weight is 824 g/mol. The molecule has 16 nitrogen and oxygen atoms in total. The van der Waals surface area contributed by atoms with E-state index in [0.29, 0.717) is 12.2 Å². The standard InChI is InChI=1S/C41H57N7O9S/c1-27(2)35(37(51)44-30(26-49)24-28-14-9-7-10-15-28)47-36(50)33(18-13-23-43-39(42)48-58(54,55)32-21-19-31(56-6)20-22-32)45-40(53)46-34(38(52)57-41(3,4)5)25-29-16-11-8-12-17-29/h7-12,14-17,19-22,27,30,33-35,49H,13,18,23-26H2,1-6H3,(H,44,51)(H,47,50)(H3,42,43,48)(H2,45,46,53)/t30-,33-,34-,35-/m0/s1. The molecular weight excluding hydrogens is 767 g/mol. The number of nitrogens with zero attached hydrogens (tertiary/aromatic N) is 1. The van der Waals surface area contributed by atoms with Gasteiger partial charge >= 0.3 is 12.0 Å². The molecule has 0 saturated heterocycles. The van der Waals surface area contributed by atoms with E-state index in [0.717, 1.165) is 11.1 Å². The Bertz CT molecular complexity index is 1920. The molecule has 0 aliphatic heterocycles. The summed E-state index contributed by atoms with van der Waals surface area (Å²) in [5, 5.41) is 20.9. The molecule has 3 aromatic carbocycles. The van der Waals surface area contributed by atoms with Gasteiger partial charge in [0.1, 0.15) is 29.5 Å². The molecule has 0 aliphatic carbocycles. The van der Waals surface area contributed by atoms with Crippen LogP contribution in [0.25, 0.3) is 0 Å². The van der Waals surface area contributed by atoms with Gasteiger partial charge in [-0.1, -0.05) is 74.5 Å². The minimum Gasteiger partial charge on any atom is -0.497 e. The number of methoxy groups -OCH3 is 1. The van der Waals surface area contributed by atoms with Gasteiger partial charge in [-0.2, -0.15) is 0 Å². The van der Waals surface area contributed by atoms with Crippen molar-refractivity contribution >= 4 is 39.8 Å². The van der Waals surface area contributed by atoms with Crippen LogP contribution in [0.4, 0.5) is 4.79 Å². The topological polar surface area (TPSA) is 240 Å². The summed E-state index contributed by atoms with van der Waals surface area (Å²) in [5.41, 5.74) is 6.71. The van der Waals surface area contributed by atoms with Crippen molar-refractivity contribution in [1.29, 1.82) is 0 Å². The summed E-state index contributed by atoms with van der Waals surface area (Å²) in [4.78, 5) is 58.3. The number of hydrogen-bond donors (Lipinski definition) is 7. The second-order valence-electron chi connectivity index (χ2n) is 14.9. The fraction of sp³-hybridized carbons (Fsp3) is 0.439. The lowest BCUT2D eigenvalue weighted by atomic mass is 10.0. The number of sulfonamides is 1. The molecule has 0 radical (unpaired) electrons. The van der Waals surface area contributed by atoms with Crippen LogP contribution in [0.2, 0.25) is 0 Å². The third kappa shape index (κ3) is 16.1. The van der Waals surface area contributed by atoms with E-state index in [1.165, 1.54) is 31.4 Å². The highest BCUT2D eigenvalue weighted by molar-refractivity contribution is 7.90. The first-order valence-corrected chi connectivity index (χ1v) is 20.4. The van der Waals surface area contributed by atoms with E-state index in [9.17, 15) is 32.7 Å². The average Bonchev–Trinajstić information content (AvgIpc) is 3.17. The van der Waals surface area contributed by atoms with Gasteiger partial charge in [0.25, 0.3) is 10.0 Å². The Morgan fingerprint density at radius 1 is 0.793 bits per heavy atom. The summed E-state index contributed by atoms with van der Waals surface area (Å²) in [7, 11) is -2.61. The van der Waals surface area contributed by atoms with Crippen LogP contribution in [0.15, 0.2) is 94.8 Å². The summed E-state index contributed by atoms with van der Waals surface area (Å²) < 4.78 is 38.5. The lowest BCUT2D eigenvalue weighted by molar-refractivity contribution is -0.157. The summed E-state index contributed by atoms with van der Waals surface area (Å²) in [5.74, 6) is -2.25. The number of benzene rings is 3. The third-order valence-electron chi connectivity index (χ3n) is 8.58. The van der Waals surface area contributed by atoms with Gasteiger partial charge in [0.05, 0.1) is 24.7 Å². The highest BCUT2D eigenvalue weighted by Crippen LogP contribution is 2.16. The van der Waals surface area contributed by atoms with Crippen molar-refractivity contribution in [2.75, 3.05) is 20.3 Å². The molecule has 0 bridgehead atoms. The van der Waals surface area contributed by atoms with E-state index in [1.54, 1.807) is 58.9 Å². The number of rotatable bonds is 20. The van der Waals surface area contributed by atoms with Crippen LogP contribution < -0.4 is 36.5 Å². The van der Waals surface area contributed by atoms with E-state index in [1.807, 2.05) is 36.4 Å². The van der Waals surface area contributed by atoms with Gasteiger partial charge in [-0.15, -0.1) is 0 Å². The first-order valence-electron chi connectivity index (χ1n) is 19.0. The maximum atomic E-state index is 13.9. The maximum absolute atomic E-state index is 13.9. The van der Waals surface area contributed by atoms with Crippen LogP contribution in [0.5, 0.6) is 5.75 Å². The first kappa shape index (κ1) is 46.7. The number of carbonyl (C=O) groups excluding carboxylic acids is 4. The Labute approximate surface area is 340 Å². The van der Waals surface area contributed by atoms with E-state index < -0.39 is 75.5 Å². The second-order valence-corrected chi connectivity index (χ2v) is 16.6. The summed E-state index contributed by atoms with van der Waals surface area (Å²) in [6.07, 6.45) is 0.556. The van der Waals surface area contributed by atoms with Gasteiger partial charge in [0.15, 0.2) is 0 Å². The van der Waals surface area contributed by atoms with Gasteiger partial charge in [0, 0.05) is 13.0 Å². The van der Waals surface area contributed by atoms with E-state index in [4.69, 9.17) is 15.2 Å². The first-order chi connectivity index (χ1) is 27.4. The van der Waals surface area contributed by atoms with Crippen LogP contribution in [-0.2, 0) is 42.0 Å². The predicted octanol–water partition coefficient (Wildman–Crippen LogP) is 2.55. The Balaban J connectivity index is 1.79. The van der Waals surface area contributed by atoms with Gasteiger partial charge in [-0.25, -0.2) is 22.7 Å². The van der Waals surface area contributed by atoms with Crippen LogP contribution in [0.1, 0.15) is 58.6 Å². The number of esters is 1. The number of aliphatic hydroxyl groups excluding tert-OH is 1. The molecule has 0 heterocycles. The SMILES string of the molecule is COc1ccc(S(=O)(=O)NC(N)=NCCC[C@H](NC(=O)N[C@@H](Cc2ccccc2)C(=O)OC(C)(C)C)C(=O)N[C@H](C(=O)N[C@H](CO)Cc2ccccc2)C(C)C)cc1. The molecule has 0 aromatic heterocycles. The molecule has 3 aromatic rings. The molecule has 0 unspecified atom stereocenters. The van der Waals surface area contributed by atoms with Crippen molar-refractivity contribution in [2.45, 2.75) is 95.0 Å². The monoisotopic (exact) mass is 823 g/mol. The van der Waals surface area contributed by atoms with E-state index >= 15 is 0 Å². The lowest BCUT2D eigenvalue weighted by Crippen LogP contribution is -2.59. The van der Waals surface area contributed by atoms with Crippen LogP contribution in [0.3, 0.4) is 0 Å². The van der Waals surface area contributed by atoms with Crippen molar-refractivity contribution in [3.63, 3.8) is 0 Å². The molecule has 0 aliphatic rings. The van der Waals surface area contributed by atoms with Crippen molar-refractivity contribution in [2.24, 2.45) is 16.6 Å². The Morgan fingerprint density at radius 2 is 1.36 bits per heavy atom. The Morgan fingerprint density at radius 3 is 1.90 bits per heavy atom. The van der Waals surface area contributed by atoms with Crippen LogP contribution in [-0.4, -0.2) is 93.3 Å². The van der Waals surface area contributed by atoms with Gasteiger partial charge in [-0.3, -0.25) is 14.6 Å². The number of nitrogens with one attached hydrogen (secondary N) is 5. The number of amides is 4. The lowest BCUT2D eigenvalue weighted by Gasteiger charge is -2.28. The highest BCUT2D eigenvalue weighted by atomic mass is 32.2. The molecule has 316 valence electrons. The molecule has 0 fully saturated rings. The number of guanidine groups is 1. The number of hydrogen-bond acceptors (Lipinski definition) is 10. The fourth-order valence-electron chi connectivity index (χ4n) is 5.66. The number of aliphatic imine (C=N–C) groups is 1. The molecule has 4 amide bonds. The molecular formula is C41H57N7O9S. The second kappa shape index (κ2) is 22.3. The zero-order valence-corrected chi connectivity index (χ0v) is 34.7. The minimum atomic E-state index is -4.06. The Kier molecular flexibility index (Phi) is 18.0. The highest BCUT2D eigenvalue weighted by Gasteiger charge is 2.32. The maximum Gasteiger partial charge on any atom is 0.329 e.